The minimum absolute atomic E-state index is 0.00485. The SMILES string of the molecule is NC(=O)CSC1=Nc2ccccc2C2=N[C@H](CC(=O)NC3CCCCC3)C(=O)N12. The molecular weight excluding hydrogens is 390 g/mol. The molecule has 2 heterocycles. The van der Waals surface area contributed by atoms with Gasteiger partial charge in [0, 0.05) is 11.6 Å². The maximum absolute atomic E-state index is 13.1. The van der Waals surface area contributed by atoms with E-state index in [0.717, 1.165) is 43.0 Å². The standard InChI is InChI=1S/C20H23N5O3S/c21-16(26)11-29-20-24-14-9-5-4-8-13(14)18-23-15(19(28)25(18)20)10-17(27)22-12-6-2-1-3-7-12/h4-5,8-9,12,15H,1-3,6-7,10-11H2,(H2,21,26)(H,22,27)/t15-/m1/s1. The fraction of sp³-hybridized carbons (Fsp3) is 0.450. The minimum atomic E-state index is -0.792. The first-order valence-electron chi connectivity index (χ1n) is 9.83. The van der Waals surface area contributed by atoms with Crippen molar-refractivity contribution in [3.05, 3.63) is 29.8 Å². The Labute approximate surface area is 173 Å². The van der Waals surface area contributed by atoms with Crippen LogP contribution >= 0.6 is 11.8 Å². The van der Waals surface area contributed by atoms with Crippen molar-refractivity contribution in [2.24, 2.45) is 15.7 Å². The number of primary amides is 1. The number of carbonyl (C=O) groups is 3. The molecule has 0 spiro atoms. The average molecular weight is 414 g/mol. The zero-order chi connectivity index (χ0) is 20.4. The Kier molecular flexibility index (Phi) is 5.66. The van der Waals surface area contributed by atoms with Gasteiger partial charge in [-0.3, -0.25) is 19.4 Å². The molecule has 3 amide bonds. The highest BCUT2D eigenvalue weighted by atomic mass is 32.2. The van der Waals surface area contributed by atoms with Crippen molar-refractivity contribution in [2.45, 2.75) is 50.6 Å². The summed E-state index contributed by atoms with van der Waals surface area (Å²) >= 11 is 1.10. The smallest absolute Gasteiger partial charge is 0.259 e. The number of hydrogen-bond donors (Lipinski definition) is 2. The van der Waals surface area contributed by atoms with Crippen molar-refractivity contribution in [3.63, 3.8) is 0 Å². The third-order valence-electron chi connectivity index (χ3n) is 5.24. The quantitative estimate of drug-likeness (QED) is 0.764. The first kappa shape index (κ1) is 19.6. The molecule has 8 nitrogen and oxygen atoms in total. The van der Waals surface area contributed by atoms with Crippen molar-refractivity contribution in [1.29, 1.82) is 0 Å². The molecule has 0 aromatic heterocycles. The Hall–Kier alpha value is -2.68. The molecule has 0 bridgehead atoms. The molecule has 0 unspecified atom stereocenters. The van der Waals surface area contributed by atoms with Crippen LogP contribution in [-0.2, 0) is 14.4 Å². The lowest BCUT2D eigenvalue weighted by Gasteiger charge is -2.25. The highest BCUT2D eigenvalue weighted by Gasteiger charge is 2.42. The molecule has 1 atom stereocenters. The van der Waals surface area contributed by atoms with Gasteiger partial charge in [-0.1, -0.05) is 43.2 Å². The second-order valence-corrected chi connectivity index (χ2v) is 8.36. The van der Waals surface area contributed by atoms with Gasteiger partial charge in [0.2, 0.25) is 11.8 Å². The molecule has 2 aliphatic heterocycles. The summed E-state index contributed by atoms with van der Waals surface area (Å²) in [4.78, 5) is 47.3. The van der Waals surface area contributed by atoms with Gasteiger partial charge in [-0.2, -0.15) is 0 Å². The number of nitrogens with two attached hydrogens (primary N) is 1. The van der Waals surface area contributed by atoms with Crippen LogP contribution in [0.5, 0.6) is 0 Å². The van der Waals surface area contributed by atoms with Gasteiger partial charge in [0.25, 0.3) is 5.91 Å². The summed E-state index contributed by atoms with van der Waals surface area (Å²) in [7, 11) is 0. The van der Waals surface area contributed by atoms with Crippen molar-refractivity contribution < 1.29 is 14.4 Å². The van der Waals surface area contributed by atoms with Gasteiger partial charge in [0.15, 0.2) is 5.17 Å². The fourth-order valence-corrected chi connectivity index (χ4v) is 4.62. The Morgan fingerprint density at radius 1 is 1.21 bits per heavy atom. The van der Waals surface area contributed by atoms with Crippen LogP contribution in [0.1, 0.15) is 44.1 Å². The van der Waals surface area contributed by atoms with E-state index in [9.17, 15) is 14.4 Å². The molecule has 1 aliphatic carbocycles. The molecule has 0 radical (unpaired) electrons. The topological polar surface area (TPSA) is 117 Å². The number of rotatable bonds is 5. The summed E-state index contributed by atoms with van der Waals surface area (Å²) in [6.07, 6.45) is 5.43. The Balaban J connectivity index is 1.54. The number of para-hydroxylation sites is 1. The second kappa shape index (κ2) is 8.36. The van der Waals surface area contributed by atoms with Crippen molar-refractivity contribution >= 4 is 46.2 Å². The average Bonchev–Trinajstić information content (AvgIpc) is 3.03. The van der Waals surface area contributed by atoms with Crippen LogP contribution in [0.25, 0.3) is 0 Å². The van der Waals surface area contributed by atoms with Crippen LogP contribution in [-0.4, -0.2) is 51.5 Å². The molecule has 9 heteroatoms. The number of thioether (sulfide) groups is 1. The lowest BCUT2D eigenvalue weighted by Crippen LogP contribution is -2.43. The normalized spacial score (nSPS) is 21.2. The number of aliphatic imine (C=N–C) groups is 2. The number of benzene rings is 1. The lowest BCUT2D eigenvalue weighted by molar-refractivity contribution is -0.129. The van der Waals surface area contributed by atoms with E-state index in [0.29, 0.717) is 16.7 Å². The van der Waals surface area contributed by atoms with Gasteiger partial charge in [0.05, 0.1) is 17.9 Å². The maximum Gasteiger partial charge on any atom is 0.259 e. The zero-order valence-electron chi connectivity index (χ0n) is 16.0. The van der Waals surface area contributed by atoms with Gasteiger partial charge in [-0.05, 0) is 25.0 Å². The molecule has 1 fully saturated rings. The van der Waals surface area contributed by atoms with Gasteiger partial charge in [-0.15, -0.1) is 0 Å². The molecule has 4 rings (SSSR count). The van der Waals surface area contributed by atoms with E-state index in [-0.39, 0.29) is 30.0 Å². The van der Waals surface area contributed by atoms with E-state index < -0.39 is 11.9 Å². The molecule has 3 N–H and O–H groups in total. The number of hydrogen-bond acceptors (Lipinski definition) is 6. The van der Waals surface area contributed by atoms with Gasteiger partial charge >= 0.3 is 0 Å². The number of amides is 3. The van der Waals surface area contributed by atoms with E-state index in [1.807, 2.05) is 24.3 Å². The first-order chi connectivity index (χ1) is 14.0. The van der Waals surface area contributed by atoms with E-state index in [2.05, 4.69) is 15.3 Å². The van der Waals surface area contributed by atoms with Crippen molar-refractivity contribution in [2.75, 3.05) is 5.75 Å². The van der Waals surface area contributed by atoms with Gasteiger partial charge in [-0.25, -0.2) is 9.89 Å². The third-order valence-corrected chi connectivity index (χ3v) is 6.20. The number of amidine groups is 2. The van der Waals surface area contributed by atoms with Crippen LogP contribution in [0.4, 0.5) is 5.69 Å². The summed E-state index contributed by atoms with van der Waals surface area (Å²) in [6.45, 7) is 0. The third kappa shape index (κ3) is 4.19. The number of nitrogens with one attached hydrogen (secondary N) is 1. The number of carbonyl (C=O) groups excluding carboxylic acids is 3. The van der Waals surface area contributed by atoms with Crippen molar-refractivity contribution in [3.8, 4) is 0 Å². The molecule has 3 aliphatic rings. The molecule has 1 aromatic rings. The van der Waals surface area contributed by atoms with Gasteiger partial charge < -0.3 is 11.1 Å². The summed E-state index contributed by atoms with van der Waals surface area (Å²) in [5.41, 5.74) is 6.67. The molecule has 0 saturated heterocycles. The Bertz CT molecular complexity index is 907. The van der Waals surface area contributed by atoms with Crippen molar-refractivity contribution in [1.82, 2.24) is 10.2 Å². The molecular formula is C20H23N5O3S. The van der Waals surface area contributed by atoms with Crippen LogP contribution < -0.4 is 11.1 Å². The number of nitrogens with zero attached hydrogens (tertiary/aromatic N) is 3. The monoisotopic (exact) mass is 413 g/mol. The van der Waals surface area contributed by atoms with Crippen LogP contribution in [0.15, 0.2) is 34.3 Å². The predicted octanol–water partition coefficient (Wildman–Crippen LogP) is 1.70. The summed E-state index contributed by atoms with van der Waals surface area (Å²) < 4.78 is 0. The van der Waals surface area contributed by atoms with E-state index in [4.69, 9.17) is 5.73 Å². The zero-order valence-corrected chi connectivity index (χ0v) is 16.8. The maximum atomic E-state index is 13.1. The van der Waals surface area contributed by atoms with E-state index in [1.54, 1.807) is 0 Å². The minimum Gasteiger partial charge on any atom is -0.369 e. The molecule has 29 heavy (non-hydrogen) atoms. The van der Waals surface area contributed by atoms with Crippen LogP contribution in [0.3, 0.4) is 0 Å². The van der Waals surface area contributed by atoms with Crippen LogP contribution in [0.2, 0.25) is 0 Å². The summed E-state index contributed by atoms with van der Waals surface area (Å²) in [6, 6.07) is 6.77. The van der Waals surface area contributed by atoms with Crippen LogP contribution in [0, 0.1) is 0 Å². The summed E-state index contributed by atoms with van der Waals surface area (Å²) in [5.74, 6) is -0.474. The molecule has 1 aromatic carbocycles. The highest BCUT2D eigenvalue weighted by Crippen LogP contribution is 2.34. The lowest BCUT2D eigenvalue weighted by atomic mass is 9.95. The Morgan fingerprint density at radius 2 is 1.97 bits per heavy atom. The second-order valence-electron chi connectivity index (χ2n) is 7.42. The fourth-order valence-electron chi connectivity index (χ4n) is 3.88. The van der Waals surface area contributed by atoms with E-state index in [1.165, 1.54) is 11.3 Å². The Morgan fingerprint density at radius 3 is 2.72 bits per heavy atom. The highest BCUT2D eigenvalue weighted by molar-refractivity contribution is 8.14. The van der Waals surface area contributed by atoms with Gasteiger partial charge in [0.1, 0.15) is 11.9 Å². The predicted molar refractivity (Wildman–Crippen MR) is 112 cm³/mol. The first-order valence-corrected chi connectivity index (χ1v) is 10.8. The largest absolute Gasteiger partial charge is 0.369 e. The van der Waals surface area contributed by atoms with E-state index >= 15 is 0 Å². The molecule has 1 saturated carbocycles. The molecule has 152 valence electrons. The number of fused-ring (bicyclic) bond motifs is 3. The summed E-state index contributed by atoms with van der Waals surface area (Å²) in [5, 5.41) is 3.40.